The number of likely N-dealkylation sites (tertiary alicyclic amines) is 1. The fourth-order valence-corrected chi connectivity index (χ4v) is 4.66. The van der Waals surface area contributed by atoms with E-state index >= 15 is 0 Å². The number of nitrogens with one attached hydrogen (secondary N) is 2. The van der Waals surface area contributed by atoms with Crippen LogP contribution < -0.4 is 5.32 Å². The molecule has 3 aromatic rings. The Balaban J connectivity index is 1.35. The molecule has 2 fully saturated rings. The zero-order valence-corrected chi connectivity index (χ0v) is 18.7. The Morgan fingerprint density at radius 3 is 2.62 bits per heavy atom. The number of H-pyrrole nitrogens is 1. The van der Waals surface area contributed by atoms with Crippen LogP contribution in [0.3, 0.4) is 0 Å². The first-order valence-corrected chi connectivity index (χ1v) is 11.7. The Morgan fingerprint density at radius 2 is 1.97 bits per heavy atom. The number of aromatic amines is 1. The largest absolute Gasteiger partial charge is 0.342 e. The second-order valence-electron chi connectivity index (χ2n) is 9.03. The first kappa shape index (κ1) is 22.2. The number of carbonyl (C=O) groups is 2. The third kappa shape index (κ3) is 4.69. The van der Waals surface area contributed by atoms with E-state index in [1.807, 2.05) is 42.6 Å². The standard InChI is InChI=1S/C25H27FN6O2/c26-19-11-22(32(15-19)23(33)12-20-14-28-31-30-20)25(34)29-24(17-5-2-1-3-6-17)21-10-9-18(13-27-21)16-7-4-8-16/h1-3,5-6,9-10,13-14,16,19,22,24H,4,7-8,11-12,15H2,(H,29,34)(H,28,30,31)/t19-,22+,24+/m1/s1. The van der Waals surface area contributed by atoms with Crippen LogP contribution in [-0.4, -0.2) is 55.9 Å². The predicted octanol–water partition coefficient (Wildman–Crippen LogP) is 2.85. The van der Waals surface area contributed by atoms with Crippen LogP contribution in [0.1, 0.15) is 60.2 Å². The molecule has 0 unspecified atom stereocenters. The smallest absolute Gasteiger partial charge is 0.243 e. The van der Waals surface area contributed by atoms with Gasteiger partial charge in [0.05, 0.1) is 36.6 Å². The van der Waals surface area contributed by atoms with Crippen LogP contribution in [0.2, 0.25) is 0 Å². The molecular weight excluding hydrogens is 435 g/mol. The Morgan fingerprint density at radius 1 is 1.15 bits per heavy atom. The van der Waals surface area contributed by atoms with Crippen molar-refractivity contribution in [2.45, 2.75) is 56.3 Å². The van der Waals surface area contributed by atoms with Gasteiger partial charge in [-0.25, -0.2) is 4.39 Å². The zero-order valence-electron chi connectivity index (χ0n) is 18.7. The molecule has 0 bridgehead atoms. The Hall–Kier alpha value is -3.62. The molecule has 2 N–H and O–H groups in total. The van der Waals surface area contributed by atoms with Crippen LogP contribution in [0.15, 0.2) is 54.9 Å². The molecule has 2 amide bonds. The van der Waals surface area contributed by atoms with Gasteiger partial charge in [0.2, 0.25) is 11.8 Å². The van der Waals surface area contributed by atoms with Crippen LogP contribution in [0, 0.1) is 0 Å². The summed E-state index contributed by atoms with van der Waals surface area (Å²) < 4.78 is 14.3. The number of hydrogen-bond donors (Lipinski definition) is 2. The van der Waals surface area contributed by atoms with Gasteiger partial charge in [-0.3, -0.25) is 14.6 Å². The average Bonchev–Trinajstić information content (AvgIpc) is 3.47. The van der Waals surface area contributed by atoms with Crippen molar-refractivity contribution in [1.82, 2.24) is 30.6 Å². The molecule has 3 atom stereocenters. The maximum Gasteiger partial charge on any atom is 0.243 e. The summed E-state index contributed by atoms with van der Waals surface area (Å²) in [5, 5.41) is 13.1. The van der Waals surface area contributed by atoms with Crippen molar-refractivity contribution in [3.05, 3.63) is 77.4 Å². The summed E-state index contributed by atoms with van der Waals surface area (Å²) in [6.07, 6.45) is 5.62. The van der Waals surface area contributed by atoms with Gasteiger partial charge in [0.15, 0.2) is 0 Å². The van der Waals surface area contributed by atoms with E-state index in [0.717, 1.165) is 5.56 Å². The van der Waals surface area contributed by atoms with E-state index in [-0.39, 0.29) is 25.3 Å². The minimum Gasteiger partial charge on any atom is -0.342 e. The summed E-state index contributed by atoms with van der Waals surface area (Å²) in [4.78, 5) is 32.2. The number of pyridine rings is 1. The van der Waals surface area contributed by atoms with Gasteiger partial charge in [0.25, 0.3) is 0 Å². The number of rotatable bonds is 7. The van der Waals surface area contributed by atoms with Gasteiger partial charge < -0.3 is 10.2 Å². The van der Waals surface area contributed by atoms with E-state index in [9.17, 15) is 14.0 Å². The van der Waals surface area contributed by atoms with Crippen molar-refractivity contribution in [2.24, 2.45) is 0 Å². The van der Waals surface area contributed by atoms with Crippen molar-refractivity contribution in [1.29, 1.82) is 0 Å². The number of alkyl halides is 1. The lowest BCUT2D eigenvalue weighted by Gasteiger charge is -2.27. The fraction of sp³-hybridized carbons (Fsp3) is 0.400. The highest BCUT2D eigenvalue weighted by Gasteiger charge is 2.40. The molecule has 1 aliphatic carbocycles. The van der Waals surface area contributed by atoms with E-state index in [1.54, 1.807) is 0 Å². The van der Waals surface area contributed by atoms with Gasteiger partial charge >= 0.3 is 0 Å². The zero-order chi connectivity index (χ0) is 23.5. The molecule has 9 heteroatoms. The monoisotopic (exact) mass is 462 g/mol. The summed E-state index contributed by atoms with van der Waals surface area (Å²) in [6, 6.07) is 12.2. The molecule has 0 radical (unpaired) electrons. The molecule has 1 saturated heterocycles. The Labute approximate surface area is 197 Å². The van der Waals surface area contributed by atoms with Crippen LogP contribution in [-0.2, 0) is 16.0 Å². The van der Waals surface area contributed by atoms with Crippen molar-refractivity contribution in [3.63, 3.8) is 0 Å². The van der Waals surface area contributed by atoms with E-state index in [1.165, 1.54) is 35.9 Å². The van der Waals surface area contributed by atoms with Gasteiger partial charge in [-0.15, -0.1) is 0 Å². The summed E-state index contributed by atoms with van der Waals surface area (Å²) >= 11 is 0. The van der Waals surface area contributed by atoms with Gasteiger partial charge in [0, 0.05) is 12.6 Å². The van der Waals surface area contributed by atoms with Gasteiger partial charge in [-0.1, -0.05) is 42.8 Å². The van der Waals surface area contributed by atoms with Crippen LogP contribution in [0.25, 0.3) is 0 Å². The first-order chi connectivity index (χ1) is 16.6. The third-order valence-electron chi connectivity index (χ3n) is 6.77. The van der Waals surface area contributed by atoms with Gasteiger partial charge in [-0.05, 0) is 36.0 Å². The first-order valence-electron chi connectivity index (χ1n) is 11.7. The molecule has 2 aliphatic rings. The molecule has 3 heterocycles. The molecule has 5 rings (SSSR count). The maximum absolute atomic E-state index is 14.3. The van der Waals surface area contributed by atoms with Crippen LogP contribution >= 0.6 is 0 Å². The lowest BCUT2D eigenvalue weighted by Crippen LogP contribution is -2.47. The number of carbonyl (C=O) groups excluding carboxylic acids is 2. The van der Waals surface area contributed by atoms with Crippen LogP contribution in [0.4, 0.5) is 4.39 Å². The highest BCUT2D eigenvalue weighted by atomic mass is 19.1. The molecule has 0 spiro atoms. The Kier molecular flexibility index (Phi) is 6.33. The lowest BCUT2D eigenvalue weighted by molar-refractivity contribution is -0.138. The Bertz CT molecular complexity index is 1120. The average molecular weight is 463 g/mol. The van der Waals surface area contributed by atoms with Gasteiger partial charge in [-0.2, -0.15) is 15.4 Å². The fourth-order valence-electron chi connectivity index (χ4n) is 4.66. The summed E-state index contributed by atoms with van der Waals surface area (Å²) in [6.45, 7) is -0.112. The van der Waals surface area contributed by atoms with Crippen molar-refractivity contribution >= 4 is 11.8 Å². The second kappa shape index (κ2) is 9.70. The van der Waals surface area contributed by atoms with E-state index < -0.39 is 24.2 Å². The van der Waals surface area contributed by atoms with E-state index in [2.05, 4.69) is 31.8 Å². The van der Waals surface area contributed by atoms with Crippen LogP contribution in [0.5, 0.6) is 0 Å². The number of amides is 2. The third-order valence-corrected chi connectivity index (χ3v) is 6.77. The quantitative estimate of drug-likeness (QED) is 0.562. The number of nitrogens with zero attached hydrogens (tertiary/aromatic N) is 4. The van der Waals surface area contributed by atoms with E-state index in [0.29, 0.717) is 17.3 Å². The number of halogens is 1. The number of aromatic nitrogens is 4. The summed E-state index contributed by atoms with van der Waals surface area (Å²) in [7, 11) is 0. The molecule has 34 heavy (non-hydrogen) atoms. The predicted molar refractivity (Wildman–Crippen MR) is 122 cm³/mol. The minimum absolute atomic E-state index is 0.0358. The topological polar surface area (TPSA) is 104 Å². The van der Waals surface area contributed by atoms with Crippen molar-refractivity contribution in [2.75, 3.05) is 6.54 Å². The number of benzene rings is 1. The molecule has 176 valence electrons. The molecule has 1 saturated carbocycles. The minimum atomic E-state index is -1.26. The summed E-state index contributed by atoms with van der Waals surface area (Å²) in [5.74, 6) is -0.184. The van der Waals surface area contributed by atoms with Crippen molar-refractivity contribution in [3.8, 4) is 0 Å². The molecule has 2 aromatic heterocycles. The van der Waals surface area contributed by atoms with Crippen molar-refractivity contribution < 1.29 is 14.0 Å². The normalized spacial score (nSPS) is 21.1. The summed E-state index contributed by atoms with van der Waals surface area (Å²) in [5.41, 5.74) is 3.24. The number of hydrogen-bond acceptors (Lipinski definition) is 5. The molecular formula is C25H27FN6O2. The SMILES string of the molecule is O=C(N[C@@H](c1ccccc1)c1ccc(C2CCC2)cn1)[C@@H]1C[C@@H](F)CN1C(=O)Cc1cn[nH]n1. The highest BCUT2D eigenvalue weighted by Crippen LogP contribution is 2.36. The molecule has 8 nitrogen and oxygen atoms in total. The molecule has 1 aromatic carbocycles. The lowest BCUT2D eigenvalue weighted by atomic mass is 9.80. The molecule has 1 aliphatic heterocycles. The second-order valence-corrected chi connectivity index (χ2v) is 9.03. The van der Waals surface area contributed by atoms with E-state index in [4.69, 9.17) is 0 Å². The van der Waals surface area contributed by atoms with Gasteiger partial charge in [0.1, 0.15) is 12.2 Å². The highest BCUT2D eigenvalue weighted by molar-refractivity contribution is 5.89. The maximum atomic E-state index is 14.3.